The highest BCUT2D eigenvalue weighted by Gasteiger charge is 2.55. The number of hydrogen-bond donors (Lipinski definition) is 3. The Kier molecular flexibility index (Phi) is 5.60. The van der Waals surface area contributed by atoms with Gasteiger partial charge in [-0.15, -0.1) is 11.8 Å². The number of rotatable bonds is 7. The van der Waals surface area contributed by atoms with Crippen molar-refractivity contribution in [2.45, 2.75) is 18.0 Å². The van der Waals surface area contributed by atoms with Crippen molar-refractivity contribution in [1.82, 2.24) is 20.4 Å². The number of β-lactam (4-membered cyclic amide) rings is 1. The van der Waals surface area contributed by atoms with E-state index in [1.165, 1.54) is 23.8 Å². The average molecular weight is 500 g/mol. The van der Waals surface area contributed by atoms with E-state index >= 15 is 0 Å². The average Bonchev–Trinajstić information content (AvgIpc) is 3.49. The number of pyridine rings is 1. The molecule has 1 saturated heterocycles. The number of fused-ring (bicyclic) bond motifs is 2. The van der Waals surface area contributed by atoms with Crippen LogP contribution >= 0.6 is 11.8 Å². The predicted octanol–water partition coefficient (Wildman–Crippen LogP) is -0.525. The van der Waals surface area contributed by atoms with Crippen LogP contribution in [0.3, 0.4) is 0 Å². The van der Waals surface area contributed by atoms with Crippen molar-refractivity contribution in [2.75, 3.05) is 18.6 Å². The van der Waals surface area contributed by atoms with Crippen LogP contribution in [0.15, 0.2) is 56.0 Å². The van der Waals surface area contributed by atoms with E-state index in [-0.39, 0.29) is 29.8 Å². The number of nitrogens with one attached hydrogen (secondary N) is 1. The van der Waals surface area contributed by atoms with E-state index in [9.17, 15) is 19.5 Å². The van der Waals surface area contributed by atoms with Gasteiger partial charge in [-0.25, -0.2) is 4.79 Å². The third-order valence-corrected chi connectivity index (χ3v) is 6.78. The Morgan fingerprint density at radius 3 is 3.00 bits per heavy atom. The summed E-state index contributed by atoms with van der Waals surface area (Å²) < 4.78 is 11.9. The quantitative estimate of drug-likeness (QED) is 0.164. The standard InChI is InChI=1S/C20H17N7O7S/c1-32-24-12(15-23-20(21)34-25-15)16(28)22-13-17(29)27-14(19(30)31)9(8-35-18(13)27)7-26-5-2-3-11-10(26)4-6-33-11/h2-6,13,18H,7-8H2,1H3,(H3-,21,22,23,25,28,30,31)/p+1/t13?,18-/m1/s1. The number of nitrogen functional groups attached to an aromatic ring is 1. The van der Waals surface area contributed by atoms with Crippen LogP contribution in [-0.2, 0) is 25.8 Å². The van der Waals surface area contributed by atoms with Gasteiger partial charge >= 0.3 is 12.0 Å². The summed E-state index contributed by atoms with van der Waals surface area (Å²) >= 11 is 1.34. The summed E-state index contributed by atoms with van der Waals surface area (Å²) in [5.74, 6) is -2.49. The molecule has 180 valence electrons. The third-order valence-electron chi connectivity index (χ3n) is 5.45. The van der Waals surface area contributed by atoms with Gasteiger partial charge in [-0.1, -0.05) is 10.3 Å². The first-order chi connectivity index (χ1) is 16.9. The first-order valence-electron chi connectivity index (χ1n) is 10.2. The Morgan fingerprint density at radius 2 is 2.29 bits per heavy atom. The van der Waals surface area contributed by atoms with E-state index in [2.05, 4.69) is 30.0 Å². The van der Waals surface area contributed by atoms with E-state index in [4.69, 9.17) is 10.2 Å². The van der Waals surface area contributed by atoms with Crippen LogP contribution in [0.1, 0.15) is 5.82 Å². The minimum atomic E-state index is -1.23. The molecule has 2 aliphatic rings. The van der Waals surface area contributed by atoms with Crippen LogP contribution < -0.4 is 15.6 Å². The van der Waals surface area contributed by atoms with Crippen molar-refractivity contribution in [1.29, 1.82) is 0 Å². The lowest BCUT2D eigenvalue weighted by atomic mass is 10.0. The molecule has 0 spiro atoms. The number of oxime groups is 1. The second-order valence-electron chi connectivity index (χ2n) is 7.50. The largest absolute Gasteiger partial charge is 0.477 e. The van der Waals surface area contributed by atoms with Crippen molar-refractivity contribution >= 4 is 52.4 Å². The lowest BCUT2D eigenvalue weighted by Crippen LogP contribution is -2.71. The SMILES string of the molecule is CON=C(C(=O)NC1C(=O)N2C(C(=O)O)=C(C[n+]3cccc4occc43)CS[C@H]12)c1noc(N)n1. The Morgan fingerprint density at radius 1 is 1.46 bits per heavy atom. The molecule has 15 heteroatoms. The number of carbonyl (C=O) groups is 3. The second-order valence-corrected chi connectivity index (χ2v) is 8.61. The van der Waals surface area contributed by atoms with Gasteiger partial charge in [-0.3, -0.25) is 14.5 Å². The number of nitrogens with two attached hydrogens (primary N) is 1. The topological polar surface area (TPSA) is 190 Å². The zero-order chi connectivity index (χ0) is 24.7. The van der Waals surface area contributed by atoms with Crippen molar-refractivity contribution < 1.29 is 37.8 Å². The number of carboxylic acid groups (broad SMARTS) is 1. The number of nitrogens with zero attached hydrogens (tertiary/aromatic N) is 5. The molecule has 3 aromatic rings. The normalized spacial score (nSPS) is 20.0. The second kappa shape index (κ2) is 8.75. The summed E-state index contributed by atoms with van der Waals surface area (Å²) in [4.78, 5) is 47.5. The summed E-state index contributed by atoms with van der Waals surface area (Å²) in [5, 5.41) is 19.0. The molecule has 35 heavy (non-hydrogen) atoms. The fourth-order valence-electron chi connectivity index (χ4n) is 3.96. The van der Waals surface area contributed by atoms with E-state index in [1.807, 2.05) is 10.8 Å². The van der Waals surface area contributed by atoms with Gasteiger partial charge in [-0.2, -0.15) is 9.55 Å². The maximum absolute atomic E-state index is 13.0. The van der Waals surface area contributed by atoms with Gasteiger partial charge in [0.15, 0.2) is 18.3 Å². The number of anilines is 1. The molecule has 0 radical (unpaired) electrons. The van der Waals surface area contributed by atoms with Crippen molar-refractivity contribution in [3.63, 3.8) is 0 Å². The number of aromatic nitrogens is 3. The highest BCUT2D eigenvalue weighted by Crippen LogP contribution is 2.40. The maximum Gasteiger partial charge on any atom is 0.352 e. The summed E-state index contributed by atoms with van der Waals surface area (Å²) in [6.45, 7) is 0.253. The van der Waals surface area contributed by atoms with E-state index < -0.39 is 29.2 Å². The Balaban J connectivity index is 1.38. The van der Waals surface area contributed by atoms with Crippen LogP contribution in [0.5, 0.6) is 0 Å². The molecule has 2 atom stereocenters. The molecule has 14 nitrogen and oxygen atoms in total. The number of thioether (sulfide) groups is 1. The summed E-state index contributed by atoms with van der Waals surface area (Å²) in [7, 11) is 1.22. The lowest BCUT2D eigenvalue weighted by Gasteiger charge is -2.49. The van der Waals surface area contributed by atoms with Gasteiger partial charge < -0.3 is 29.9 Å². The van der Waals surface area contributed by atoms with Crippen molar-refractivity contribution in [3.8, 4) is 0 Å². The Hall–Kier alpha value is -4.40. The number of aliphatic carboxylic acids is 1. The highest BCUT2D eigenvalue weighted by molar-refractivity contribution is 8.00. The molecule has 2 aliphatic heterocycles. The monoisotopic (exact) mass is 500 g/mol. The molecule has 4 N–H and O–H groups in total. The van der Waals surface area contributed by atoms with Gasteiger partial charge in [0.25, 0.3) is 17.3 Å². The minimum Gasteiger partial charge on any atom is -0.477 e. The van der Waals surface area contributed by atoms with Crippen LogP contribution in [0, 0.1) is 0 Å². The molecule has 5 rings (SSSR count). The zero-order valence-electron chi connectivity index (χ0n) is 18.1. The fourth-order valence-corrected chi connectivity index (χ4v) is 5.29. The summed E-state index contributed by atoms with van der Waals surface area (Å²) in [5.41, 5.74) is 6.96. The fraction of sp³-hybridized carbons (Fsp3) is 0.250. The predicted molar refractivity (Wildman–Crippen MR) is 118 cm³/mol. The molecule has 0 bridgehead atoms. The first-order valence-corrected chi connectivity index (χ1v) is 11.2. The molecule has 0 aliphatic carbocycles. The summed E-state index contributed by atoms with van der Waals surface area (Å²) in [6, 6.07) is 4.12. The van der Waals surface area contributed by atoms with Gasteiger partial charge in [0.05, 0.1) is 6.26 Å². The molecule has 5 heterocycles. The Bertz CT molecular complexity index is 1410. The molecular formula is C20H18N7O7S+. The maximum atomic E-state index is 13.0. The molecule has 2 amide bonds. The lowest BCUT2D eigenvalue weighted by molar-refractivity contribution is -0.663. The highest BCUT2D eigenvalue weighted by atomic mass is 32.2. The van der Waals surface area contributed by atoms with Gasteiger partial charge in [0, 0.05) is 23.5 Å². The smallest absolute Gasteiger partial charge is 0.352 e. The van der Waals surface area contributed by atoms with E-state index in [0.29, 0.717) is 16.9 Å². The number of furan rings is 1. The number of amides is 2. The molecular weight excluding hydrogens is 482 g/mol. The molecule has 0 aromatic carbocycles. The van der Waals surface area contributed by atoms with Crippen molar-refractivity contribution in [3.05, 3.63) is 47.8 Å². The van der Waals surface area contributed by atoms with Crippen LogP contribution in [0.4, 0.5) is 6.01 Å². The minimum absolute atomic E-state index is 0.103. The molecule has 1 fully saturated rings. The van der Waals surface area contributed by atoms with Crippen LogP contribution in [0.2, 0.25) is 0 Å². The molecule has 3 aromatic heterocycles. The summed E-state index contributed by atoms with van der Waals surface area (Å²) in [6.07, 6.45) is 3.36. The van der Waals surface area contributed by atoms with Crippen LogP contribution in [0.25, 0.3) is 11.1 Å². The van der Waals surface area contributed by atoms with Gasteiger partial charge in [0.1, 0.15) is 24.2 Å². The van der Waals surface area contributed by atoms with Gasteiger partial charge in [0.2, 0.25) is 11.5 Å². The van der Waals surface area contributed by atoms with Gasteiger partial charge in [-0.05, 0) is 6.07 Å². The number of hydrogen-bond acceptors (Lipinski definition) is 11. The Labute approximate surface area is 200 Å². The number of carboxylic acids is 1. The third kappa shape index (κ3) is 3.84. The molecule has 1 unspecified atom stereocenters. The van der Waals surface area contributed by atoms with E-state index in [0.717, 1.165) is 5.52 Å². The number of carbonyl (C=O) groups excluding carboxylic acids is 2. The zero-order valence-corrected chi connectivity index (χ0v) is 18.9. The first kappa shape index (κ1) is 22.4. The molecule has 0 saturated carbocycles. The van der Waals surface area contributed by atoms with Crippen LogP contribution in [-0.4, -0.2) is 67.9 Å². The van der Waals surface area contributed by atoms with Crippen molar-refractivity contribution in [2.24, 2.45) is 5.16 Å². The van der Waals surface area contributed by atoms with E-state index in [1.54, 1.807) is 24.5 Å².